The highest BCUT2D eigenvalue weighted by molar-refractivity contribution is 5.45. The van der Waals surface area contributed by atoms with Crippen molar-refractivity contribution >= 4 is 5.69 Å². The van der Waals surface area contributed by atoms with E-state index in [9.17, 15) is 0 Å². The zero-order valence-electron chi connectivity index (χ0n) is 14.9. The van der Waals surface area contributed by atoms with Gasteiger partial charge in [-0.25, -0.2) is 0 Å². The number of anilines is 1. The summed E-state index contributed by atoms with van der Waals surface area (Å²) >= 11 is 0. The topological polar surface area (TPSA) is 68.6 Å². The average molecular weight is 340 g/mol. The van der Waals surface area contributed by atoms with Crippen LogP contribution in [0.2, 0.25) is 0 Å². The van der Waals surface area contributed by atoms with Crippen molar-refractivity contribution in [2.45, 2.75) is 13.3 Å². The Morgan fingerprint density at radius 3 is 2.92 bits per heavy atom. The molecule has 3 rings (SSSR count). The minimum absolute atomic E-state index is 0.563. The number of para-hydroxylation sites is 1. The molecule has 0 saturated carbocycles. The first-order valence-corrected chi connectivity index (χ1v) is 8.78. The van der Waals surface area contributed by atoms with Gasteiger partial charge in [-0.1, -0.05) is 24.8 Å². The number of nitrogens with zero attached hydrogens (tertiary/aromatic N) is 2. The largest absolute Gasteiger partial charge is 0.399 e. The molecule has 2 aliphatic heterocycles. The van der Waals surface area contributed by atoms with Gasteiger partial charge in [-0.15, -0.1) is 5.53 Å². The monoisotopic (exact) mass is 340 g/mol. The predicted octanol–water partition coefficient (Wildman–Crippen LogP) is 1.44. The molecule has 0 radical (unpaired) electrons. The van der Waals surface area contributed by atoms with Crippen molar-refractivity contribution in [2.75, 3.05) is 37.7 Å². The number of hydrogen-bond acceptors (Lipinski definition) is 6. The van der Waals surface area contributed by atoms with Crippen LogP contribution in [0.3, 0.4) is 0 Å². The van der Waals surface area contributed by atoms with E-state index in [1.807, 2.05) is 19.1 Å². The van der Waals surface area contributed by atoms with Crippen LogP contribution in [0.15, 0.2) is 65.7 Å². The van der Waals surface area contributed by atoms with E-state index in [0.29, 0.717) is 5.70 Å². The van der Waals surface area contributed by atoms with Crippen LogP contribution in [0.5, 0.6) is 0 Å². The maximum Gasteiger partial charge on any atom is 0.0590 e. The van der Waals surface area contributed by atoms with Gasteiger partial charge in [-0.05, 0) is 43.7 Å². The van der Waals surface area contributed by atoms with Crippen LogP contribution in [-0.2, 0) is 0 Å². The number of benzene rings is 1. The van der Waals surface area contributed by atoms with Crippen LogP contribution in [0, 0.1) is 0 Å². The van der Waals surface area contributed by atoms with Crippen molar-refractivity contribution in [1.82, 2.24) is 21.2 Å². The molecule has 0 bridgehead atoms. The highest BCUT2D eigenvalue weighted by Gasteiger charge is 2.29. The fourth-order valence-electron chi connectivity index (χ4n) is 3.15. The first kappa shape index (κ1) is 17.4. The summed E-state index contributed by atoms with van der Waals surface area (Å²) in [4.78, 5) is 0. The first-order chi connectivity index (χ1) is 12.1. The van der Waals surface area contributed by atoms with Gasteiger partial charge < -0.3 is 16.4 Å². The lowest BCUT2D eigenvalue weighted by atomic mass is 10.00. The first-order valence-electron chi connectivity index (χ1n) is 8.78. The average Bonchev–Trinajstić information content (AvgIpc) is 2.58. The van der Waals surface area contributed by atoms with Crippen molar-refractivity contribution in [3.05, 3.63) is 65.7 Å². The van der Waals surface area contributed by atoms with Crippen LogP contribution in [0.25, 0.3) is 0 Å². The Balaban J connectivity index is 1.61. The molecule has 5 N–H and O–H groups in total. The summed E-state index contributed by atoms with van der Waals surface area (Å²) < 4.78 is 0. The molecule has 1 aromatic carbocycles. The number of nitrogens with one attached hydrogen (secondary N) is 3. The lowest BCUT2D eigenvalue weighted by Gasteiger charge is -2.44. The van der Waals surface area contributed by atoms with E-state index >= 15 is 0 Å². The minimum atomic E-state index is 0.563. The molecular formula is C19H28N6. The van der Waals surface area contributed by atoms with E-state index in [2.05, 4.69) is 57.0 Å². The van der Waals surface area contributed by atoms with Gasteiger partial charge >= 0.3 is 0 Å². The van der Waals surface area contributed by atoms with Crippen molar-refractivity contribution in [3.63, 3.8) is 0 Å². The van der Waals surface area contributed by atoms with E-state index in [1.165, 1.54) is 5.70 Å². The number of nitrogens with two attached hydrogens (primary N) is 1. The normalized spacial score (nSPS) is 17.0. The summed E-state index contributed by atoms with van der Waals surface area (Å²) in [5, 5.41) is 11.2. The van der Waals surface area contributed by atoms with Crippen LogP contribution in [0.1, 0.15) is 13.3 Å². The molecule has 6 nitrogen and oxygen atoms in total. The van der Waals surface area contributed by atoms with E-state index in [-0.39, 0.29) is 0 Å². The Kier molecular flexibility index (Phi) is 5.63. The molecule has 0 atom stereocenters. The predicted molar refractivity (Wildman–Crippen MR) is 103 cm³/mol. The van der Waals surface area contributed by atoms with Crippen LogP contribution < -0.4 is 26.9 Å². The number of allylic oxidation sites excluding steroid dienone is 2. The Morgan fingerprint density at radius 2 is 2.20 bits per heavy atom. The second-order valence-corrected chi connectivity index (χ2v) is 6.48. The third-order valence-corrected chi connectivity index (χ3v) is 4.43. The van der Waals surface area contributed by atoms with Gasteiger partial charge in [0.25, 0.3) is 0 Å². The lowest BCUT2D eigenvalue weighted by molar-refractivity contribution is 0.192. The molecule has 0 aliphatic carbocycles. The summed E-state index contributed by atoms with van der Waals surface area (Å²) in [5.74, 6) is 0. The zero-order valence-corrected chi connectivity index (χ0v) is 14.9. The molecule has 2 aliphatic rings. The van der Waals surface area contributed by atoms with E-state index in [4.69, 9.17) is 5.73 Å². The molecule has 0 amide bonds. The second-order valence-electron chi connectivity index (χ2n) is 6.48. The minimum Gasteiger partial charge on any atom is -0.399 e. The molecule has 0 saturated heterocycles. The van der Waals surface area contributed by atoms with Gasteiger partial charge in [0.05, 0.1) is 18.8 Å². The van der Waals surface area contributed by atoms with E-state index in [1.54, 1.807) is 5.57 Å². The van der Waals surface area contributed by atoms with E-state index < -0.39 is 0 Å². The van der Waals surface area contributed by atoms with Gasteiger partial charge in [0.15, 0.2) is 0 Å². The summed E-state index contributed by atoms with van der Waals surface area (Å²) in [5.41, 5.74) is 14.8. The summed E-state index contributed by atoms with van der Waals surface area (Å²) in [6.07, 6.45) is 3.01. The van der Waals surface area contributed by atoms with Gasteiger partial charge in [-0.3, -0.25) is 10.0 Å². The summed E-state index contributed by atoms with van der Waals surface area (Å²) in [7, 11) is 0. The van der Waals surface area contributed by atoms with Crippen LogP contribution >= 0.6 is 0 Å². The van der Waals surface area contributed by atoms with E-state index in [0.717, 1.165) is 50.5 Å². The third kappa shape index (κ3) is 4.55. The lowest BCUT2D eigenvalue weighted by Crippen LogP contribution is -2.58. The standard InChI is InChI=1S/C19H28N6/c1-15(20)12-16(2)22-10-11-24(18-6-4-3-5-7-18)23-25-14-17-8-9-21-13-19(17)25/h3-7,12,21-23H,1,8-11,13-14,20H2,2H3/b16-12-. The molecule has 0 spiro atoms. The molecule has 134 valence electrons. The number of hydrazine groups is 2. The number of rotatable bonds is 8. The Bertz CT molecular complexity index is 664. The molecule has 0 unspecified atom stereocenters. The molecule has 0 aromatic heterocycles. The third-order valence-electron chi connectivity index (χ3n) is 4.43. The smallest absolute Gasteiger partial charge is 0.0590 e. The van der Waals surface area contributed by atoms with Crippen LogP contribution in [0.4, 0.5) is 5.69 Å². The highest BCUT2D eigenvalue weighted by atomic mass is 15.8. The quantitative estimate of drug-likeness (QED) is 0.424. The molecule has 2 heterocycles. The Labute approximate surface area is 150 Å². The molecular weight excluding hydrogens is 312 g/mol. The number of hydrogen-bond donors (Lipinski definition) is 4. The van der Waals surface area contributed by atoms with Gasteiger partial charge in [-0.2, -0.15) is 0 Å². The maximum absolute atomic E-state index is 5.62. The van der Waals surface area contributed by atoms with Crippen molar-refractivity contribution in [3.8, 4) is 0 Å². The highest BCUT2D eigenvalue weighted by Crippen LogP contribution is 2.26. The van der Waals surface area contributed by atoms with Gasteiger partial charge in [0.2, 0.25) is 0 Å². The molecule has 1 aromatic rings. The zero-order chi connectivity index (χ0) is 17.6. The SMILES string of the molecule is C=C(N)/C=C(/C)NCCN(NN1CC2=C1CNCC2)c1ccccc1. The second kappa shape index (κ2) is 8.09. The molecule has 6 heteroatoms. The Hall–Kier alpha value is -2.44. The van der Waals surface area contributed by atoms with Gasteiger partial charge in [0, 0.05) is 30.2 Å². The summed E-state index contributed by atoms with van der Waals surface area (Å²) in [6, 6.07) is 10.4. The molecule has 25 heavy (non-hydrogen) atoms. The maximum atomic E-state index is 5.62. The van der Waals surface area contributed by atoms with Gasteiger partial charge in [0.1, 0.15) is 0 Å². The van der Waals surface area contributed by atoms with Crippen LogP contribution in [-0.4, -0.2) is 37.7 Å². The Morgan fingerprint density at radius 1 is 1.40 bits per heavy atom. The summed E-state index contributed by atoms with van der Waals surface area (Å²) in [6.45, 7) is 10.4. The van der Waals surface area contributed by atoms with Crippen molar-refractivity contribution in [1.29, 1.82) is 0 Å². The van der Waals surface area contributed by atoms with Crippen molar-refractivity contribution in [2.24, 2.45) is 5.73 Å². The fourth-order valence-corrected chi connectivity index (χ4v) is 3.15. The fraction of sp³-hybridized carbons (Fsp3) is 0.368. The van der Waals surface area contributed by atoms with Crippen molar-refractivity contribution < 1.29 is 0 Å². The molecule has 0 fully saturated rings.